The summed E-state index contributed by atoms with van der Waals surface area (Å²) >= 11 is 5.13. The highest BCUT2D eigenvalue weighted by Gasteiger charge is 2.32. The average Bonchev–Trinajstić information content (AvgIpc) is 2.77. The molecule has 1 saturated heterocycles. The molecule has 0 aromatic carbocycles. The van der Waals surface area contributed by atoms with Crippen LogP contribution in [0.5, 0.6) is 0 Å². The summed E-state index contributed by atoms with van der Waals surface area (Å²) in [6, 6.07) is 2.00. The monoisotopic (exact) mass is 331 g/mol. The summed E-state index contributed by atoms with van der Waals surface area (Å²) < 4.78 is 1.06. The summed E-state index contributed by atoms with van der Waals surface area (Å²) in [6.07, 6.45) is 3.01. The number of amides is 1. The molecule has 18 heavy (non-hydrogen) atoms. The molecule has 4 N–H and O–H groups in total. The minimum Gasteiger partial charge on any atom is -0.368 e. The zero-order valence-corrected chi connectivity index (χ0v) is 12.5. The van der Waals surface area contributed by atoms with Crippen molar-refractivity contribution in [3.63, 3.8) is 0 Å². The van der Waals surface area contributed by atoms with Gasteiger partial charge in [0.2, 0.25) is 5.91 Å². The summed E-state index contributed by atoms with van der Waals surface area (Å²) in [5, 5.41) is 2.04. The maximum absolute atomic E-state index is 11.6. The topological polar surface area (TPSA) is 72.3 Å². The van der Waals surface area contributed by atoms with E-state index in [-0.39, 0.29) is 18.0 Å². The molecule has 1 aliphatic rings. The highest BCUT2D eigenvalue weighted by Crippen LogP contribution is 2.32. The molecule has 0 radical (unpaired) electrons. The third-order valence-corrected chi connectivity index (χ3v) is 5.21. The Kier molecular flexibility index (Phi) is 4.77. The van der Waals surface area contributed by atoms with Crippen LogP contribution in [0.1, 0.15) is 30.2 Å². The molecule has 2 unspecified atom stereocenters. The van der Waals surface area contributed by atoms with Crippen molar-refractivity contribution in [1.82, 2.24) is 4.90 Å². The first-order chi connectivity index (χ1) is 8.63. The Morgan fingerprint density at radius 1 is 1.61 bits per heavy atom. The fourth-order valence-corrected chi connectivity index (χ4v) is 4.13. The first-order valence-electron chi connectivity index (χ1n) is 6.12. The van der Waals surface area contributed by atoms with Gasteiger partial charge in [-0.3, -0.25) is 9.69 Å². The van der Waals surface area contributed by atoms with Crippen molar-refractivity contribution in [3.05, 3.63) is 20.8 Å². The Balaban J connectivity index is 2.22. The number of carbonyl (C=O) groups is 1. The average molecular weight is 332 g/mol. The number of hydrogen-bond acceptors (Lipinski definition) is 4. The van der Waals surface area contributed by atoms with Crippen LogP contribution in [0, 0.1) is 0 Å². The predicted octanol–water partition coefficient (Wildman–Crippen LogP) is 1.85. The number of rotatable bonds is 4. The van der Waals surface area contributed by atoms with Crippen molar-refractivity contribution in [2.45, 2.75) is 31.3 Å². The smallest absolute Gasteiger partial charge is 0.234 e. The highest BCUT2D eigenvalue weighted by atomic mass is 79.9. The first kappa shape index (κ1) is 14.0. The summed E-state index contributed by atoms with van der Waals surface area (Å²) in [4.78, 5) is 14.9. The van der Waals surface area contributed by atoms with Crippen LogP contribution in [0.25, 0.3) is 0 Å². The zero-order chi connectivity index (χ0) is 13.1. The summed E-state index contributed by atoms with van der Waals surface area (Å²) in [6.45, 7) is 1.40. The number of primary amides is 1. The van der Waals surface area contributed by atoms with Crippen LogP contribution in [0.4, 0.5) is 0 Å². The minimum absolute atomic E-state index is 0.0964. The van der Waals surface area contributed by atoms with Gasteiger partial charge in [0.25, 0.3) is 0 Å². The van der Waals surface area contributed by atoms with Crippen molar-refractivity contribution >= 4 is 33.2 Å². The van der Waals surface area contributed by atoms with Crippen molar-refractivity contribution in [1.29, 1.82) is 0 Å². The standard InChI is InChI=1S/C12H18BrN3OS/c13-8-5-11(18-7-8)10(6-14)16-4-2-1-3-9(16)12(15)17/h5,7,9-10H,1-4,6,14H2,(H2,15,17). The van der Waals surface area contributed by atoms with Crippen LogP contribution in [0.2, 0.25) is 0 Å². The zero-order valence-electron chi connectivity index (χ0n) is 10.1. The second-order valence-electron chi connectivity index (χ2n) is 4.57. The van der Waals surface area contributed by atoms with Gasteiger partial charge in [-0.05, 0) is 41.4 Å². The van der Waals surface area contributed by atoms with Crippen molar-refractivity contribution in [2.24, 2.45) is 11.5 Å². The highest BCUT2D eigenvalue weighted by molar-refractivity contribution is 9.10. The molecule has 2 atom stereocenters. The van der Waals surface area contributed by atoms with Gasteiger partial charge >= 0.3 is 0 Å². The van der Waals surface area contributed by atoms with Gasteiger partial charge in [-0.15, -0.1) is 11.3 Å². The van der Waals surface area contributed by atoms with E-state index in [0.29, 0.717) is 6.54 Å². The predicted molar refractivity (Wildman–Crippen MR) is 77.4 cm³/mol. The third kappa shape index (κ3) is 2.93. The minimum atomic E-state index is -0.233. The molecule has 0 spiro atoms. The van der Waals surface area contributed by atoms with Crippen LogP contribution in [-0.4, -0.2) is 29.9 Å². The van der Waals surface area contributed by atoms with Gasteiger partial charge in [-0.25, -0.2) is 0 Å². The van der Waals surface area contributed by atoms with E-state index in [0.717, 1.165) is 30.3 Å². The molecule has 6 heteroatoms. The van der Waals surface area contributed by atoms with E-state index in [4.69, 9.17) is 11.5 Å². The number of nitrogens with two attached hydrogens (primary N) is 2. The molecule has 1 amide bonds. The van der Waals surface area contributed by atoms with E-state index in [1.54, 1.807) is 11.3 Å². The van der Waals surface area contributed by atoms with E-state index in [1.807, 2.05) is 5.38 Å². The lowest BCUT2D eigenvalue weighted by Gasteiger charge is -2.38. The van der Waals surface area contributed by atoms with Gasteiger partial charge in [0.05, 0.1) is 12.1 Å². The summed E-state index contributed by atoms with van der Waals surface area (Å²) in [7, 11) is 0. The molecule has 1 aromatic rings. The van der Waals surface area contributed by atoms with E-state index in [9.17, 15) is 4.79 Å². The van der Waals surface area contributed by atoms with Gasteiger partial charge in [0.15, 0.2) is 0 Å². The van der Waals surface area contributed by atoms with Crippen LogP contribution in [0.15, 0.2) is 15.9 Å². The fourth-order valence-electron chi connectivity index (χ4n) is 2.55. The number of carbonyl (C=O) groups excluding carboxylic acids is 1. The lowest BCUT2D eigenvalue weighted by molar-refractivity contribution is -0.125. The number of thiophene rings is 1. The molecule has 0 saturated carbocycles. The molecule has 2 rings (SSSR count). The molecule has 1 aromatic heterocycles. The second kappa shape index (κ2) is 6.14. The van der Waals surface area contributed by atoms with Gasteiger partial charge in [0, 0.05) is 21.3 Å². The van der Waals surface area contributed by atoms with Gasteiger partial charge < -0.3 is 11.5 Å². The first-order valence-corrected chi connectivity index (χ1v) is 7.80. The lowest BCUT2D eigenvalue weighted by atomic mass is 9.98. The summed E-state index contributed by atoms with van der Waals surface area (Å²) in [5.41, 5.74) is 11.4. The van der Waals surface area contributed by atoms with Crippen molar-refractivity contribution < 1.29 is 4.79 Å². The van der Waals surface area contributed by atoms with Crippen LogP contribution < -0.4 is 11.5 Å². The molecule has 0 bridgehead atoms. The van der Waals surface area contributed by atoms with Crippen LogP contribution in [-0.2, 0) is 4.79 Å². The Bertz CT molecular complexity index is 423. The van der Waals surface area contributed by atoms with E-state index in [1.165, 1.54) is 4.88 Å². The molecule has 4 nitrogen and oxygen atoms in total. The van der Waals surface area contributed by atoms with E-state index < -0.39 is 0 Å². The SMILES string of the molecule is NCC(c1cc(Br)cs1)N1CCCCC1C(N)=O. The lowest BCUT2D eigenvalue weighted by Crippen LogP contribution is -2.50. The van der Waals surface area contributed by atoms with E-state index in [2.05, 4.69) is 26.9 Å². The van der Waals surface area contributed by atoms with Gasteiger partial charge in [-0.2, -0.15) is 0 Å². The quantitative estimate of drug-likeness (QED) is 0.884. The van der Waals surface area contributed by atoms with Gasteiger partial charge in [0.1, 0.15) is 0 Å². The molecular weight excluding hydrogens is 314 g/mol. The Labute approximate surface area is 119 Å². The Hall–Kier alpha value is -0.430. The molecular formula is C12H18BrN3OS. The van der Waals surface area contributed by atoms with Crippen molar-refractivity contribution in [2.75, 3.05) is 13.1 Å². The molecule has 1 aliphatic heterocycles. The Morgan fingerprint density at radius 3 is 2.94 bits per heavy atom. The number of piperidine rings is 1. The molecule has 0 aliphatic carbocycles. The molecule has 2 heterocycles. The third-order valence-electron chi connectivity index (χ3n) is 3.41. The number of hydrogen-bond donors (Lipinski definition) is 2. The number of likely N-dealkylation sites (tertiary alicyclic amines) is 1. The van der Waals surface area contributed by atoms with Crippen LogP contribution in [0.3, 0.4) is 0 Å². The van der Waals surface area contributed by atoms with Gasteiger partial charge in [-0.1, -0.05) is 6.42 Å². The molecule has 100 valence electrons. The maximum Gasteiger partial charge on any atom is 0.234 e. The number of nitrogens with zero attached hydrogens (tertiary/aromatic N) is 1. The fraction of sp³-hybridized carbons (Fsp3) is 0.583. The number of halogens is 1. The second-order valence-corrected chi connectivity index (χ2v) is 6.43. The molecule has 1 fully saturated rings. The largest absolute Gasteiger partial charge is 0.368 e. The normalized spacial score (nSPS) is 22.9. The van der Waals surface area contributed by atoms with E-state index >= 15 is 0 Å². The van der Waals surface area contributed by atoms with Crippen molar-refractivity contribution in [3.8, 4) is 0 Å². The maximum atomic E-state index is 11.6. The van der Waals surface area contributed by atoms with Crippen LogP contribution >= 0.6 is 27.3 Å². The Morgan fingerprint density at radius 2 is 2.39 bits per heavy atom. The summed E-state index contributed by atoms with van der Waals surface area (Å²) in [5.74, 6) is -0.233.